The molecule has 2 saturated heterocycles. The molecule has 8 heteroatoms. The number of ether oxygens (including phenoxy) is 1. The average Bonchev–Trinajstić information content (AvgIpc) is 2.66. The maximum absolute atomic E-state index is 12.2. The first-order valence-electron chi connectivity index (χ1n) is 8.93. The monoisotopic (exact) mass is 361 g/mol. The Balaban J connectivity index is 1.50. The largest absolute Gasteiger partial charge is 0.445 e. The van der Waals surface area contributed by atoms with Gasteiger partial charge in [0, 0.05) is 30.9 Å². The number of carbonyl (C=O) groups excluding carboxylic acids is 2. The van der Waals surface area contributed by atoms with E-state index < -0.39 is 12.1 Å². The Labute approximate surface area is 151 Å². The Morgan fingerprint density at radius 2 is 1.92 bits per heavy atom. The van der Waals surface area contributed by atoms with Gasteiger partial charge in [-0.05, 0) is 24.3 Å². The lowest BCUT2D eigenvalue weighted by molar-refractivity contribution is -0.530. The number of hydrogen-bond donors (Lipinski definition) is 1. The molecule has 26 heavy (non-hydrogen) atoms. The second-order valence-corrected chi connectivity index (χ2v) is 6.85. The first kappa shape index (κ1) is 18.2. The normalized spacial score (nSPS) is 24.0. The molecule has 1 aromatic rings. The number of rotatable bonds is 4. The molecule has 1 N–H and O–H groups in total. The van der Waals surface area contributed by atoms with Crippen LogP contribution < -0.4 is 5.32 Å². The van der Waals surface area contributed by atoms with Gasteiger partial charge in [0.25, 0.3) is 0 Å². The van der Waals surface area contributed by atoms with E-state index in [1.54, 1.807) is 4.90 Å². The van der Waals surface area contributed by atoms with Gasteiger partial charge in [0.05, 0.1) is 6.04 Å². The SMILES string of the molecule is O=C1CCC([N+](=O)[O-])C(C2CCN(C(=O)OCc3ccccc3)CC2)N1. The summed E-state index contributed by atoms with van der Waals surface area (Å²) in [4.78, 5) is 36.5. The van der Waals surface area contributed by atoms with Crippen LogP contribution in [0, 0.1) is 16.0 Å². The number of amides is 2. The van der Waals surface area contributed by atoms with Gasteiger partial charge in [-0.25, -0.2) is 4.79 Å². The van der Waals surface area contributed by atoms with Gasteiger partial charge in [0.2, 0.25) is 11.9 Å². The minimum atomic E-state index is -0.741. The third-order valence-corrected chi connectivity index (χ3v) is 5.19. The molecule has 8 nitrogen and oxygen atoms in total. The predicted molar refractivity (Wildman–Crippen MR) is 92.9 cm³/mol. The molecule has 0 spiro atoms. The smallest absolute Gasteiger partial charge is 0.410 e. The first-order chi connectivity index (χ1) is 12.5. The fraction of sp³-hybridized carbons (Fsp3) is 0.556. The minimum Gasteiger partial charge on any atom is -0.445 e. The summed E-state index contributed by atoms with van der Waals surface area (Å²) in [5, 5.41) is 14.1. The molecule has 0 aliphatic carbocycles. The quantitative estimate of drug-likeness (QED) is 0.652. The molecular formula is C18H23N3O5. The van der Waals surface area contributed by atoms with Crippen molar-refractivity contribution in [3.8, 4) is 0 Å². The van der Waals surface area contributed by atoms with E-state index in [1.807, 2.05) is 30.3 Å². The lowest BCUT2D eigenvalue weighted by Gasteiger charge is -2.38. The van der Waals surface area contributed by atoms with Crippen molar-refractivity contribution >= 4 is 12.0 Å². The van der Waals surface area contributed by atoms with Crippen LogP contribution in [0.2, 0.25) is 0 Å². The summed E-state index contributed by atoms with van der Waals surface area (Å²) in [6.07, 6.45) is 1.35. The lowest BCUT2D eigenvalue weighted by atomic mass is 9.82. The van der Waals surface area contributed by atoms with E-state index in [0.29, 0.717) is 25.9 Å². The molecule has 3 rings (SSSR count). The maximum atomic E-state index is 12.2. The third-order valence-electron chi connectivity index (χ3n) is 5.19. The average molecular weight is 361 g/mol. The molecular weight excluding hydrogens is 338 g/mol. The number of carbonyl (C=O) groups is 2. The molecule has 2 atom stereocenters. The molecule has 0 radical (unpaired) electrons. The molecule has 0 saturated carbocycles. The molecule has 2 fully saturated rings. The van der Waals surface area contributed by atoms with Gasteiger partial charge in [0.15, 0.2) is 0 Å². The Kier molecular flexibility index (Phi) is 5.70. The summed E-state index contributed by atoms with van der Waals surface area (Å²) in [5.41, 5.74) is 0.925. The van der Waals surface area contributed by atoms with Crippen LogP contribution in [0.4, 0.5) is 4.79 Å². The summed E-state index contributed by atoms with van der Waals surface area (Å²) >= 11 is 0. The molecule has 2 aliphatic heterocycles. The molecule has 2 aliphatic rings. The van der Waals surface area contributed by atoms with E-state index in [1.165, 1.54) is 0 Å². The maximum Gasteiger partial charge on any atom is 0.410 e. The van der Waals surface area contributed by atoms with Gasteiger partial charge in [0.1, 0.15) is 6.61 Å². The number of benzene rings is 1. The zero-order chi connectivity index (χ0) is 18.5. The number of nitrogens with one attached hydrogen (secondary N) is 1. The van der Waals surface area contributed by atoms with E-state index in [4.69, 9.17) is 4.74 Å². The van der Waals surface area contributed by atoms with Gasteiger partial charge in [-0.15, -0.1) is 0 Å². The zero-order valence-corrected chi connectivity index (χ0v) is 14.5. The standard InChI is InChI=1S/C18H23N3O5/c22-16-7-6-15(21(24)25)17(19-16)14-8-10-20(11-9-14)18(23)26-12-13-4-2-1-3-5-13/h1-5,14-15,17H,6-12H2,(H,19,22). The highest BCUT2D eigenvalue weighted by Crippen LogP contribution is 2.27. The summed E-state index contributed by atoms with van der Waals surface area (Å²) in [6.45, 7) is 1.19. The predicted octanol–water partition coefficient (Wildman–Crippen LogP) is 1.96. The number of likely N-dealkylation sites (tertiary alicyclic amines) is 1. The number of piperidine rings is 2. The van der Waals surface area contributed by atoms with Gasteiger partial charge < -0.3 is 15.0 Å². The summed E-state index contributed by atoms with van der Waals surface area (Å²) < 4.78 is 5.33. The fourth-order valence-electron chi connectivity index (χ4n) is 3.73. The summed E-state index contributed by atoms with van der Waals surface area (Å²) in [6, 6.07) is 8.27. The van der Waals surface area contributed by atoms with Gasteiger partial charge >= 0.3 is 6.09 Å². The van der Waals surface area contributed by atoms with Crippen molar-refractivity contribution < 1.29 is 19.2 Å². The third kappa shape index (κ3) is 4.30. The molecule has 2 unspecified atom stereocenters. The van der Waals surface area contributed by atoms with Crippen molar-refractivity contribution in [3.63, 3.8) is 0 Å². The van der Waals surface area contributed by atoms with Crippen molar-refractivity contribution in [3.05, 3.63) is 46.0 Å². The van der Waals surface area contributed by atoms with E-state index >= 15 is 0 Å². The molecule has 2 amide bonds. The highest BCUT2D eigenvalue weighted by molar-refractivity contribution is 5.77. The van der Waals surface area contributed by atoms with Crippen molar-refractivity contribution in [1.29, 1.82) is 0 Å². The van der Waals surface area contributed by atoms with Crippen LogP contribution in [0.3, 0.4) is 0 Å². The van der Waals surface area contributed by atoms with Crippen molar-refractivity contribution in [2.75, 3.05) is 13.1 Å². The molecule has 0 aromatic heterocycles. The number of nitrogens with zero attached hydrogens (tertiary/aromatic N) is 2. The zero-order valence-electron chi connectivity index (χ0n) is 14.5. The Hall–Kier alpha value is -2.64. The van der Waals surface area contributed by atoms with Crippen LogP contribution in [0.5, 0.6) is 0 Å². The summed E-state index contributed by atoms with van der Waals surface area (Å²) in [7, 11) is 0. The lowest BCUT2D eigenvalue weighted by Crippen LogP contribution is -2.57. The fourth-order valence-corrected chi connectivity index (χ4v) is 3.73. The van der Waals surface area contributed by atoms with Gasteiger partial charge in [-0.1, -0.05) is 30.3 Å². The first-order valence-corrected chi connectivity index (χ1v) is 8.93. The highest BCUT2D eigenvalue weighted by atomic mass is 16.6. The molecule has 0 bridgehead atoms. The topological polar surface area (TPSA) is 102 Å². The van der Waals surface area contributed by atoms with Crippen LogP contribution in [0.1, 0.15) is 31.2 Å². The Morgan fingerprint density at radius 3 is 2.58 bits per heavy atom. The molecule has 140 valence electrons. The second kappa shape index (κ2) is 8.16. The Morgan fingerprint density at radius 1 is 1.23 bits per heavy atom. The van der Waals surface area contributed by atoms with E-state index in [9.17, 15) is 19.7 Å². The number of hydrogen-bond acceptors (Lipinski definition) is 5. The highest BCUT2D eigenvalue weighted by Gasteiger charge is 2.43. The second-order valence-electron chi connectivity index (χ2n) is 6.85. The van der Waals surface area contributed by atoms with Gasteiger partial charge in [-0.2, -0.15) is 0 Å². The van der Waals surface area contributed by atoms with Crippen molar-refractivity contribution in [2.45, 2.75) is 44.4 Å². The minimum absolute atomic E-state index is 0.00724. The van der Waals surface area contributed by atoms with Crippen LogP contribution in [0.25, 0.3) is 0 Å². The van der Waals surface area contributed by atoms with E-state index in [-0.39, 0.29) is 42.3 Å². The van der Waals surface area contributed by atoms with E-state index in [0.717, 1.165) is 5.56 Å². The Bertz CT molecular complexity index is 658. The van der Waals surface area contributed by atoms with Crippen LogP contribution >= 0.6 is 0 Å². The van der Waals surface area contributed by atoms with Gasteiger partial charge in [-0.3, -0.25) is 14.9 Å². The summed E-state index contributed by atoms with van der Waals surface area (Å²) in [5.74, 6) is -0.120. The van der Waals surface area contributed by atoms with Crippen molar-refractivity contribution in [1.82, 2.24) is 10.2 Å². The molecule has 2 heterocycles. The van der Waals surface area contributed by atoms with Crippen LogP contribution in [-0.2, 0) is 16.1 Å². The van der Waals surface area contributed by atoms with Crippen molar-refractivity contribution in [2.24, 2.45) is 5.92 Å². The van der Waals surface area contributed by atoms with E-state index in [2.05, 4.69) is 5.32 Å². The number of nitro groups is 1. The van der Waals surface area contributed by atoms with Crippen LogP contribution in [0.15, 0.2) is 30.3 Å². The molecule has 1 aromatic carbocycles. The van der Waals surface area contributed by atoms with Crippen LogP contribution in [-0.4, -0.2) is 47.0 Å².